The number of hydrogen-bond acceptors (Lipinski definition) is 3. The second-order valence-electron chi connectivity index (χ2n) is 8.08. The Kier molecular flexibility index (Phi) is 3.33. The smallest absolute Gasteiger partial charge is 0.256 e. The van der Waals surface area contributed by atoms with Gasteiger partial charge in [-0.25, -0.2) is 0 Å². The molecule has 1 amide bonds. The van der Waals surface area contributed by atoms with E-state index in [0.717, 1.165) is 24.3 Å². The molecular formula is C18H26N2O2. The van der Waals surface area contributed by atoms with Crippen molar-refractivity contribution >= 4 is 5.91 Å². The minimum atomic E-state index is 0.0687. The van der Waals surface area contributed by atoms with Crippen molar-refractivity contribution in [3.63, 3.8) is 0 Å². The van der Waals surface area contributed by atoms with Crippen molar-refractivity contribution in [1.82, 2.24) is 4.90 Å². The molecule has 5 rings (SSSR count). The fourth-order valence-corrected chi connectivity index (χ4v) is 5.88. The van der Waals surface area contributed by atoms with Crippen molar-refractivity contribution in [1.29, 1.82) is 0 Å². The van der Waals surface area contributed by atoms with E-state index in [0.29, 0.717) is 23.3 Å². The van der Waals surface area contributed by atoms with Gasteiger partial charge in [0, 0.05) is 13.6 Å². The first-order valence-corrected chi connectivity index (χ1v) is 8.60. The quantitative estimate of drug-likeness (QED) is 0.930. The lowest BCUT2D eigenvalue weighted by atomic mass is 9.49. The van der Waals surface area contributed by atoms with Crippen LogP contribution in [0.1, 0.15) is 54.6 Å². The average Bonchev–Trinajstić information content (AvgIpc) is 2.93. The van der Waals surface area contributed by atoms with Gasteiger partial charge in [0.1, 0.15) is 12.0 Å². The summed E-state index contributed by atoms with van der Waals surface area (Å²) < 4.78 is 5.31. The first kappa shape index (κ1) is 14.3. The molecule has 0 spiro atoms. The third-order valence-corrected chi connectivity index (χ3v) is 6.19. The molecule has 0 radical (unpaired) electrons. The van der Waals surface area contributed by atoms with E-state index in [9.17, 15) is 4.79 Å². The van der Waals surface area contributed by atoms with Crippen LogP contribution in [0.2, 0.25) is 0 Å². The number of amides is 1. The number of furan rings is 1. The molecule has 22 heavy (non-hydrogen) atoms. The molecule has 2 N–H and O–H groups in total. The van der Waals surface area contributed by atoms with E-state index in [1.165, 1.54) is 38.5 Å². The zero-order valence-electron chi connectivity index (χ0n) is 13.4. The standard InChI is InChI=1S/C18H26N2O2/c1-20(17(21)15-5-16(9-19)22-10-15)11-18-6-12-2-13(7-18)4-14(3-12)8-18/h5,10,12-14H,2-4,6-9,11,19H2,1H3. The highest BCUT2D eigenvalue weighted by atomic mass is 16.3. The maximum Gasteiger partial charge on any atom is 0.256 e. The summed E-state index contributed by atoms with van der Waals surface area (Å²) in [5.41, 5.74) is 6.58. The molecule has 1 heterocycles. The Morgan fingerprint density at radius 3 is 2.36 bits per heavy atom. The number of hydrogen-bond donors (Lipinski definition) is 1. The van der Waals surface area contributed by atoms with Crippen LogP contribution in [0, 0.1) is 23.2 Å². The predicted molar refractivity (Wildman–Crippen MR) is 84.2 cm³/mol. The Balaban J connectivity index is 1.47. The average molecular weight is 302 g/mol. The molecule has 0 atom stereocenters. The third-order valence-electron chi connectivity index (χ3n) is 6.19. The maximum absolute atomic E-state index is 12.6. The van der Waals surface area contributed by atoms with Crippen LogP contribution in [-0.2, 0) is 6.54 Å². The van der Waals surface area contributed by atoms with Crippen molar-refractivity contribution < 1.29 is 9.21 Å². The summed E-state index contributed by atoms with van der Waals surface area (Å²) >= 11 is 0. The van der Waals surface area contributed by atoms with Gasteiger partial charge in [-0.2, -0.15) is 0 Å². The Labute approximate surface area is 132 Å². The van der Waals surface area contributed by atoms with Crippen LogP contribution in [0.25, 0.3) is 0 Å². The normalized spacial score (nSPS) is 35.8. The third kappa shape index (κ3) is 2.37. The van der Waals surface area contributed by atoms with E-state index in [-0.39, 0.29) is 5.91 Å². The van der Waals surface area contributed by atoms with Gasteiger partial charge in [-0.1, -0.05) is 0 Å². The van der Waals surface area contributed by atoms with Gasteiger partial charge >= 0.3 is 0 Å². The van der Waals surface area contributed by atoms with Crippen LogP contribution in [0.5, 0.6) is 0 Å². The molecule has 0 saturated heterocycles. The van der Waals surface area contributed by atoms with E-state index < -0.39 is 0 Å². The number of nitrogens with zero attached hydrogens (tertiary/aromatic N) is 1. The molecule has 1 aromatic heterocycles. The van der Waals surface area contributed by atoms with Gasteiger partial charge in [0.05, 0.1) is 12.1 Å². The zero-order valence-corrected chi connectivity index (χ0v) is 13.4. The van der Waals surface area contributed by atoms with E-state index in [2.05, 4.69) is 0 Å². The van der Waals surface area contributed by atoms with Gasteiger partial charge in [-0.3, -0.25) is 4.79 Å². The first-order valence-electron chi connectivity index (χ1n) is 8.60. The van der Waals surface area contributed by atoms with Crippen LogP contribution in [-0.4, -0.2) is 24.4 Å². The van der Waals surface area contributed by atoms with Gasteiger partial charge in [0.25, 0.3) is 5.91 Å². The fraction of sp³-hybridized carbons (Fsp3) is 0.722. The highest BCUT2D eigenvalue weighted by molar-refractivity contribution is 5.93. The summed E-state index contributed by atoms with van der Waals surface area (Å²) in [5, 5.41) is 0. The molecule has 4 heteroatoms. The molecule has 120 valence electrons. The first-order chi connectivity index (χ1) is 10.6. The van der Waals surface area contributed by atoms with Crippen LogP contribution in [0.4, 0.5) is 0 Å². The lowest BCUT2D eigenvalue weighted by molar-refractivity contribution is -0.0629. The van der Waals surface area contributed by atoms with Gasteiger partial charge in [0.15, 0.2) is 0 Å². The van der Waals surface area contributed by atoms with Gasteiger partial charge < -0.3 is 15.1 Å². The Morgan fingerprint density at radius 1 is 1.27 bits per heavy atom. The van der Waals surface area contributed by atoms with Crippen LogP contribution in [0.3, 0.4) is 0 Å². The van der Waals surface area contributed by atoms with Gasteiger partial charge in [-0.05, 0) is 67.8 Å². The Hall–Kier alpha value is -1.29. The molecule has 4 aliphatic rings. The van der Waals surface area contributed by atoms with Gasteiger partial charge in [0.2, 0.25) is 0 Å². The second-order valence-corrected chi connectivity index (χ2v) is 8.08. The van der Waals surface area contributed by atoms with Gasteiger partial charge in [-0.15, -0.1) is 0 Å². The lowest BCUT2D eigenvalue weighted by Crippen LogP contribution is -2.51. The number of carbonyl (C=O) groups excluding carboxylic acids is 1. The molecule has 4 nitrogen and oxygen atoms in total. The van der Waals surface area contributed by atoms with Crippen LogP contribution >= 0.6 is 0 Å². The Bertz CT molecular complexity index is 542. The summed E-state index contributed by atoms with van der Waals surface area (Å²) in [7, 11) is 1.94. The summed E-state index contributed by atoms with van der Waals surface area (Å²) in [6.45, 7) is 1.24. The fourth-order valence-electron chi connectivity index (χ4n) is 5.88. The molecule has 4 bridgehead atoms. The SMILES string of the molecule is CN(CC12CC3CC(CC(C3)C1)C2)C(=O)c1coc(CN)c1. The molecule has 0 unspecified atom stereocenters. The number of rotatable bonds is 4. The minimum absolute atomic E-state index is 0.0687. The number of carbonyl (C=O) groups is 1. The summed E-state index contributed by atoms with van der Waals surface area (Å²) in [5.74, 6) is 3.51. The minimum Gasteiger partial charge on any atom is -0.467 e. The van der Waals surface area contributed by atoms with Crippen molar-refractivity contribution in [2.45, 2.75) is 45.1 Å². The molecule has 4 saturated carbocycles. The molecule has 1 aromatic rings. The zero-order chi connectivity index (χ0) is 15.3. The molecule has 0 aromatic carbocycles. The summed E-state index contributed by atoms with van der Waals surface area (Å²) in [4.78, 5) is 14.5. The van der Waals surface area contributed by atoms with E-state index in [1.54, 1.807) is 12.3 Å². The van der Waals surface area contributed by atoms with Crippen molar-refractivity contribution in [3.05, 3.63) is 23.7 Å². The topological polar surface area (TPSA) is 59.5 Å². The predicted octanol–water partition coefficient (Wildman–Crippen LogP) is 3.03. The molecule has 4 aliphatic carbocycles. The highest BCUT2D eigenvalue weighted by Crippen LogP contribution is 2.60. The van der Waals surface area contributed by atoms with E-state index >= 15 is 0 Å². The lowest BCUT2D eigenvalue weighted by Gasteiger charge is -2.57. The molecule has 4 fully saturated rings. The second kappa shape index (κ2) is 5.12. The van der Waals surface area contributed by atoms with Crippen molar-refractivity contribution in [2.24, 2.45) is 28.9 Å². The highest BCUT2D eigenvalue weighted by Gasteiger charge is 2.51. The van der Waals surface area contributed by atoms with E-state index in [4.69, 9.17) is 10.2 Å². The molecular weight excluding hydrogens is 276 g/mol. The largest absolute Gasteiger partial charge is 0.467 e. The summed E-state index contributed by atoms with van der Waals surface area (Å²) in [6.07, 6.45) is 9.86. The number of nitrogens with two attached hydrogens (primary N) is 1. The summed E-state index contributed by atoms with van der Waals surface area (Å²) in [6, 6.07) is 1.78. The monoisotopic (exact) mass is 302 g/mol. The van der Waals surface area contributed by atoms with Crippen LogP contribution in [0.15, 0.2) is 16.7 Å². The van der Waals surface area contributed by atoms with Crippen molar-refractivity contribution in [2.75, 3.05) is 13.6 Å². The van der Waals surface area contributed by atoms with E-state index in [1.807, 2.05) is 11.9 Å². The maximum atomic E-state index is 12.6. The van der Waals surface area contributed by atoms with Crippen molar-refractivity contribution in [3.8, 4) is 0 Å². The Morgan fingerprint density at radius 2 is 1.86 bits per heavy atom. The molecule has 0 aliphatic heterocycles. The van der Waals surface area contributed by atoms with Crippen LogP contribution < -0.4 is 5.73 Å².